The normalized spacial score (nSPS) is 10.3. The van der Waals surface area contributed by atoms with E-state index < -0.39 is 5.97 Å². The molecule has 0 aliphatic heterocycles. The number of hydrogen-bond acceptors (Lipinski definition) is 5. The zero-order chi connectivity index (χ0) is 13.4. The molecule has 0 aliphatic carbocycles. The maximum atomic E-state index is 11.4. The second-order valence-corrected chi connectivity index (χ2v) is 5.53. The lowest BCUT2D eigenvalue weighted by molar-refractivity contribution is -0.137. The largest absolute Gasteiger partial charge is 0.481 e. The van der Waals surface area contributed by atoms with E-state index in [-0.39, 0.29) is 12.3 Å². The molecule has 1 rings (SSSR count). The number of aryl methyl sites for hydroxylation is 1. The van der Waals surface area contributed by atoms with Crippen LogP contribution in [0.25, 0.3) is 0 Å². The average molecular weight is 288 g/mol. The van der Waals surface area contributed by atoms with Gasteiger partial charge in [-0.2, -0.15) is 11.8 Å². The maximum Gasteiger partial charge on any atom is 0.303 e. The molecule has 0 bridgehead atoms. The lowest BCUT2D eigenvalue weighted by Gasteiger charge is -1.99. The molecule has 18 heavy (non-hydrogen) atoms. The zero-order valence-electron chi connectivity index (χ0n) is 10.1. The van der Waals surface area contributed by atoms with Gasteiger partial charge in [-0.25, -0.2) is 4.98 Å². The number of nitrogens with one attached hydrogen (secondary N) is 1. The third-order valence-corrected chi connectivity index (χ3v) is 3.57. The molecule has 0 aromatic carbocycles. The Hall–Kier alpha value is -1.08. The number of carbonyl (C=O) groups excluding carboxylic acids is 1. The Kier molecular flexibility index (Phi) is 6.74. The predicted molar refractivity (Wildman–Crippen MR) is 74.3 cm³/mol. The van der Waals surface area contributed by atoms with Gasteiger partial charge in [0.25, 0.3) is 0 Å². The van der Waals surface area contributed by atoms with Crippen molar-refractivity contribution in [1.82, 2.24) is 4.98 Å². The Bertz CT molecular complexity index is 407. The van der Waals surface area contributed by atoms with Crippen LogP contribution in [0.2, 0.25) is 0 Å². The van der Waals surface area contributed by atoms with Gasteiger partial charge in [0.1, 0.15) is 0 Å². The van der Waals surface area contributed by atoms with Crippen molar-refractivity contribution in [2.24, 2.45) is 0 Å². The SMILES string of the molecule is CSCCC(=O)Nc1nc(CCCC(=O)O)cs1. The Morgan fingerprint density at radius 3 is 2.94 bits per heavy atom. The van der Waals surface area contributed by atoms with Gasteiger partial charge < -0.3 is 10.4 Å². The quantitative estimate of drug-likeness (QED) is 0.767. The van der Waals surface area contributed by atoms with Crippen molar-refractivity contribution >= 4 is 40.1 Å². The van der Waals surface area contributed by atoms with E-state index in [4.69, 9.17) is 5.11 Å². The summed E-state index contributed by atoms with van der Waals surface area (Å²) in [5.41, 5.74) is 0.835. The fourth-order valence-corrected chi connectivity index (χ4v) is 2.43. The summed E-state index contributed by atoms with van der Waals surface area (Å²) in [6, 6.07) is 0. The van der Waals surface area contributed by atoms with Gasteiger partial charge in [-0.05, 0) is 19.1 Å². The smallest absolute Gasteiger partial charge is 0.303 e. The van der Waals surface area contributed by atoms with E-state index in [1.807, 2.05) is 11.6 Å². The summed E-state index contributed by atoms with van der Waals surface area (Å²) in [6.45, 7) is 0. The highest BCUT2D eigenvalue weighted by Crippen LogP contribution is 2.17. The first-order chi connectivity index (χ1) is 8.61. The molecular weight excluding hydrogens is 272 g/mol. The van der Waals surface area contributed by atoms with Gasteiger partial charge in [-0.3, -0.25) is 9.59 Å². The van der Waals surface area contributed by atoms with Crippen LogP contribution in [0.3, 0.4) is 0 Å². The summed E-state index contributed by atoms with van der Waals surface area (Å²) in [4.78, 5) is 26.1. The molecule has 2 N–H and O–H groups in total. The Morgan fingerprint density at radius 1 is 1.50 bits per heavy atom. The average Bonchev–Trinajstić information content (AvgIpc) is 2.73. The number of anilines is 1. The monoisotopic (exact) mass is 288 g/mol. The molecule has 0 atom stereocenters. The number of rotatable bonds is 8. The van der Waals surface area contributed by atoms with E-state index in [0.717, 1.165) is 11.4 Å². The van der Waals surface area contributed by atoms with Crippen molar-refractivity contribution in [1.29, 1.82) is 0 Å². The van der Waals surface area contributed by atoms with Crippen LogP contribution in [0.15, 0.2) is 5.38 Å². The van der Waals surface area contributed by atoms with E-state index in [1.165, 1.54) is 11.3 Å². The van der Waals surface area contributed by atoms with Crippen LogP contribution in [-0.2, 0) is 16.0 Å². The maximum absolute atomic E-state index is 11.4. The molecule has 0 fully saturated rings. The number of aromatic nitrogens is 1. The van der Waals surface area contributed by atoms with E-state index in [1.54, 1.807) is 11.8 Å². The van der Waals surface area contributed by atoms with Crippen LogP contribution in [0.5, 0.6) is 0 Å². The van der Waals surface area contributed by atoms with Crippen LogP contribution in [-0.4, -0.2) is 34.0 Å². The van der Waals surface area contributed by atoms with Gasteiger partial charge in [0.15, 0.2) is 5.13 Å². The van der Waals surface area contributed by atoms with Crippen molar-refractivity contribution in [3.05, 3.63) is 11.1 Å². The molecule has 0 radical (unpaired) electrons. The molecule has 1 aromatic rings. The second-order valence-electron chi connectivity index (χ2n) is 3.68. The lowest BCUT2D eigenvalue weighted by atomic mass is 10.2. The number of hydrogen-bond donors (Lipinski definition) is 2. The first-order valence-electron chi connectivity index (χ1n) is 5.57. The third-order valence-electron chi connectivity index (χ3n) is 2.15. The first-order valence-corrected chi connectivity index (χ1v) is 7.84. The summed E-state index contributed by atoms with van der Waals surface area (Å²) in [6.07, 6.45) is 3.78. The fraction of sp³-hybridized carbons (Fsp3) is 0.545. The highest BCUT2D eigenvalue weighted by Gasteiger charge is 2.07. The number of nitrogens with zero attached hydrogens (tertiary/aromatic N) is 1. The minimum atomic E-state index is -0.796. The van der Waals surface area contributed by atoms with Gasteiger partial charge in [-0.15, -0.1) is 11.3 Å². The minimum absolute atomic E-state index is 0.0317. The van der Waals surface area contributed by atoms with Crippen LogP contribution in [0.1, 0.15) is 25.0 Å². The van der Waals surface area contributed by atoms with Crippen molar-refractivity contribution in [2.75, 3.05) is 17.3 Å². The number of amides is 1. The summed E-state index contributed by atoms with van der Waals surface area (Å²) in [5, 5.41) is 13.7. The summed E-state index contributed by atoms with van der Waals surface area (Å²) >= 11 is 3.00. The number of aliphatic carboxylic acids is 1. The topological polar surface area (TPSA) is 79.3 Å². The highest BCUT2D eigenvalue weighted by atomic mass is 32.2. The summed E-state index contributed by atoms with van der Waals surface area (Å²) < 4.78 is 0. The zero-order valence-corrected chi connectivity index (χ0v) is 11.8. The summed E-state index contributed by atoms with van der Waals surface area (Å²) in [5.74, 6) is -0.0329. The van der Waals surface area contributed by atoms with Crippen molar-refractivity contribution in [3.8, 4) is 0 Å². The number of thioether (sulfide) groups is 1. The number of carboxylic acid groups (broad SMARTS) is 1. The van der Waals surface area contributed by atoms with Crippen LogP contribution in [0, 0.1) is 0 Å². The molecular formula is C11H16N2O3S2. The van der Waals surface area contributed by atoms with Crippen LogP contribution >= 0.6 is 23.1 Å². The number of thiazole rings is 1. The molecule has 0 aliphatic rings. The molecule has 0 unspecified atom stereocenters. The van der Waals surface area contributed by atoms with Crippen molar-refractivity contribution < 1.29 is 14.7 Å². The summed E-state index contributed by atoms with van der Waals surface area (Å²) in [7, 11) is 0. The Balaban J connectivity index is 2.33. The Morgan fingerprint density at radius 2 is 2.28 bits per heavy atom. The second kappa shape index (κ2) is 8.10. The predicted octanol–water partition coefficient (Wildman–Crippen LogP) is 2.24. The Labute approximate surface area is 114 Å². The standard InChI is InChI=1S/C11H16N2O3S2/c1-17-6-5-9(14)13-11-12-8(7-18-11)3-2-4-10(15)16/h7H,2-6H2,1H3,(H,15,16)(H,12,13,14). The van der Waals surface area contributed by atoms with Crippen molar-refractivity contribution in [2.45, 2.75) is 25.7 Å². The van der Waals surface area contributed by atoms with Gasteiger partial charge in [0, 0.05) is 24.0 Å². The van der Waals surface area contributed by atoms with E-state index >= 15 is 0 Å². The molecule has 100 valence electrons. The molecule has 7 heteroatoms. The molecule has 0 saturated heterocycles. The van der Waals surface area contributed by atoms with Crippen LogP contribution < -0.4 is 5.32 Å². The van der Waals surface area contributed by atoms with Gasteiger partial charge >= 0.3 is 5.97 Å². The molecule has 0 spiro atoms. The molecule has 1 amide bonds. The third kappa shape index (κ3) is 6.02. The van der Waals surface area contributed by atoms with Crippen LogP contribution in [0.4, 0.5) is 5.13 Å². The van der Waals surface area contributed by atoms with E-state index in [0.29, 0.717) is 24.4 Å². The van der Waals surface area contributed by atoms with Gasteiger partial charge in [0.05, 0.1) is 5.69 Å². The van der Waals surface area contributed by atoms with E-state index in [2.05, 4.69) is 10.3 Å². The highest BCUT2D eigenvalue weighted by molar-refractivity contribution is 7.98. The molecule has 0 saturated carbocycles. The van der Waals surface area contributed by atoms with Gasteiger partial charge in [-0.1, -0.05) is 0 Å². The fourth-order valence-electron chi connectivity index (χ4n) is 1.28. The minimum Gasteiger partial charge on any atom is -0.481 e. The number of carbonyl (C=O) groups is 2. The van der Waals surface area contributed by atoms with E-state index in [9.17, 15) is 9.59 Å². The van der Waals surface area contributed by atoms with Gasteiger partial charge in [0.2, 0.25) is 5.91 Å². The van der Waals surface area contributed by atoms with Crippen molar-refractivity contribution in [3.63, 3.8) is 0 Å². The lowest BCUT2D eigenvalue weighted by Crippen LogP contribution is -2.11. The number of carboxylic acids is 1. The first kappa shape index (κ1) is 15.0. The molecule has 1 aromatic heterocycles. The molecule has 1 heterocycles. The molecule has 5 nitrogen and oxygen atoms in total.